The summed E-state index contributed by atoms with van der Waals surface area (Å²) in [5.41, 5.74) is 1.85. The van der Waals surface area contributed by atoms with Gasteiger partial charge in [-0.3, -0.25) is 0 Å². The smallest absolute Gasteiger partial charge is 0.356 e. The van der Waals surface area contributed by atoms with Crippen LogP contribution in [0, 0.1) is 0 Å². The van der Waals surface area contributed by atoms with Crippen molar-refractivity contribution in [3.63, 3.8) is 0 Å². The molecule has 23 heavy (non-hydrogen) atoms. The van der Waals surface area contributed by atoms with Crippen LogP contribution in [0.5, 0.6) is 0 Å². The predicted octanol–water partition coefficient (Wildman–Crippen LogP) is 6.13. The summed E-state index contributed by atoms with van der Waals surface area (Å²) in [4.78, 5) is 0. The van der Waals surface area contributed by atoms with Crippen molar-refractivity contribution in [2.24, 2.45) is 0 Å². The second-order valence-electron chi connectivity index (χ2n) is 4.08. The number of nitrogens with one attached hydrogen (secondary N) is 1. The van der Waals surface area contributed by atoms with Crippen LogP contribution in [0.25, 0.3) is 0 Å². The lowest BCUT2D eigenvalue weighted by Gasteiger charge is -2.12. The van der Waals surface area contributed by atoms with Crippen LogP contribution in [0.3, 0.4) is 0 Å². The molecule has 2 aromatic rings. The lowest BCUT2D eigenvalue weighted by molar-refractivity contribution is -0.137. The largest absolute Gasteiger partial charge is 0.416 e. The normalized spacial score (nSPS) is 9.74. The summed E-state index contributed by atoms with van der Waals surface area (Å²) in [5.74, 6) is 0. The zero-order valence-electron chi connectivity index (χ0n) is 14.3. The summed E-state index contributed by atoms with van der Waals surface area (Å²) in [6, 6.07) is 12.6. The van der Waals surface area contributed by atoms with Gasteiger partial charge in [0, 0.05) is 12.8 Å². The molecule has 2 aromatic carbocycles. The molecule has 0 saturated carbocycles. The van der Waals surface area contributed by atoms with Crippen molar-refractivity contribution in [1.82, 2.24) is 0 Å². The Morgan fingerprint density at radius 1 is 0.870 bits per heavy atom. The maximum absolute atomic E-state index is 12.4. The molecule has 127 valence electrons. The van der Waals surface area contributed by atoms with E-state index in [-0.39, 0.29) is 1.43 Å². The van der Waals surface area contributed by atoms with E-state index >= 15 is 0 Å². The first-order valence-corrected chi connectivity index (χ1v) is 7.83. The Morgan fingerprint density at radius 2 is 1.39 bits per heavy atom. The van der Waals surface area contributed by atoms with Gasteiger partial charge >= 0.3 is 6.18 Å². The summed E-state index contributed by atoms with van der Waals surface area (Å²) < 4.78 is 37.3. The molecular formula is C18H26BF3N. The maximum atomic E-state index is 12.4. The zero-order valence-corrected chi connectivity index (χ0v) is 14.3. The van der Waals surface area contributed by atoms with E-state index in [1.165, 1.54) is 12.1 Å². The van der Waals surface area contributed by atoms with E-state index < -0.39 is 11.7 Å². The quantitative estimate of drug-likeness (QED) is 0.670. The van der Waals surface area contributed by atoms with Crippen molar-refractivity contribution in [2.45, 2.75) is 40.7 Å². The average molecular weight is 324 g/mol. The summed E-state index contributed by atoms with van der Waals surface area (Å²) in [7, 11) is 1.94. The summed E-state index contributed by atoms with van der Waals surface area (Å²) in [5, 5.41) is 3.10. The number of alkyl halides is 3. The molecule has 1 radical (unpaired) electrons. The van der Waals surface area contributed by atoms with E-state index in [1.807, 2.05) is 66.1 Å². The van der Waals surface area contributed by atoms with Crippen LogP contribution in [-0.4, -0.2) is 7.28 Å². The van der Waals surface area contributed by atoms with Gasteiger partial charge in [-0.2, -0.15) is 13.2 Å². The lowest BCUT2D eigenvalue weighted by Crippen LogP contribution is -2.15. The molecular weight excluding hydrogens is 298 g/mol. The Labute approximate surface area is 139 Å². The van der Waals surface area contributed by atoms with Gasteiger partial charge in [-0.15, -0.1) is 0 Å². The van der Waals surface area contributed by atoms with E-state index in [1.54, 1.807) is 0 Å². The first-order chi connectivity index (χ1) is 11.0. The number of halogens is 3. The van der Waals surface area contributed by atoms with Gasteiger partial charge in [-0.25, -0.2) is 0 Å². The molecule has 0 heterocycles. The van der Waals surface area contributed by atoms with Crippen LogP contribution in [0.2, 0.25) is 6.82 Å². The highest BCUT2D eigenvalue weighted by Crippen LogP contribution is 2.30. The molecule has 0 aromatic heterocycles. The Kier molecular flexibility index (Phi) is 9.87. The SMILES string of the molecule is CC.CC.C[B]c1ccccc1Nc1ccc(C(F)(F)F)cc1.[HH]. The Balaban J connectivity index is 0. The molecule has 0 bridgehead atoms. The number of benzene rings is 2. The number of hydrogen-bond donors (Lipinski definition) is 1. The standard InChI is InChI=1S/C14H12BF3N.2C2H6.H2/c1-15-12-4-2-3-5-13(12)19-11-8-6-10(7-9-11)14(16,17)18;2*1-2;/h2-9,19H,1H3;2*1-2H3;1H. The molecule has 5 heteroatoms. The molecule has 1 nitrogen and oxygen atoms in total. The third kappa shape index (κ3) is 6.80. The third-order valence-corrected chi connectivity index (χ3v) is 2.76. The van der Waals surface area contributed by atoms with Gasteiger partial charge in [0.25, 0.3) is 0 Å². The van der Waals surface area contributed by atoms with Gasteiger partial charge in [0.2, 0.25) is 0 Å². The van der Waals surface area contributed by atoms with Crippen LogP contribution in [0.4, 0.5) is 24.5 Å². The second kappa shape index (κ2) is 10.8. The third-order valence-electron chi connectivity index (χ3n) is 2.76. The van der Waals surface area contributed by atoms with Crippen molar-refractivity contribution < 1.29 is 14.6 Å². The molecule has 0 spiro atoms. The minimum atomic E-state index is -4.30. The topological polar surface area (TPSA) is 12.0 Å². The van der Waals surface area contributed by atoms with E-state index in [0.717, 1.165) is 23.3 Å². The molecule has 0 aliphatic rings. The molecule has 0 unspecified atom stereocenters. The number of para-hydroxylation sites is 1. The molecule has 0 saturated heterocycles. The Morgan fingerprint density at radius 3 is 1.87 bits per heavy atom. The molecule has 1 N–H and O–H groups in total. The minimum absolute atomic E-state index is 0. The van der Waals surface area contributed by atoms with Crippen molar-refractivity contribution in [3.05, 3.63) is 54.1 Å². The van der Waals surface area contributed by atoms with Gasteiger partial charge in [0.05, 0.1) is 5.56 Å². The van der Waals surface area contributed by atoms with Gasteiger partial charge in [0.1, 0.15) is 0 Å². The average Bonchev–Trinajstić information content (AvgIpc) is 2.59. The minimum Gasteiger partial charge on any atom is -0.356 e. The zero-order chi connectivity index (χ0) is 17.9. The van der Waals surface area contributed by atoms with E-state index in [9.17, 15) is 13.2 Å². The number of rotatable bonds is 3. The monoisotopic (exact) mass is 324 g/mol. The predicted molar refractivity (Wildman–Crippen MR) is 97.2 cm³/mol. The molecule has 0 aliphatic carbocycles. The first-order valence-electron chi connectivity index (χ1n) is 7.83. The van der Waals surface area contributed by atoms with Crippen LogP contribution >= 0.6 is 0 Å². The second-order valence-corrected chi connectivity index (χ2v) is 4.08. The van der Waals surface area contributed by atoms with Gasteiger partial charge in [-0.05, 0) is 30.3 Å². The number of hydrogen-bond acceptors (Lipinski definition) is 1. The fraction of sp³-hybridized carbons (Fsp3) is 0.333. The van der Waals surface area contributed by atoms with Gasteiger partial charge in [-0.1, -0.05) is 58.2 Å². The Hall–Kier alpha value is -1.91. The maximum Gasteiger partial charge on any atom is 0.416 e. The fourth-order valence-corrected chi connectivity index (χ4v) is 1.76. The van der Waals surface area contributed by atoms with E-state index in [4.69, 9.17) is 0 Å². The summed E-state index contributed by atoms with van der Waals surface area (Å²) >= 11 is 0. The first kappa shape index (κ1) is 21.1. The van der Waals surface area contributed by atoms with Crippen LogP contribution in [0.15, 0.2) is 48.5 Å². The van der Waals surface area contributed by atoms with Crippen molar-refractivity contribution in [1.29, 1.82) is 0 Å². The molecule has 0 atom stereocenters. The molecule has 0 amide bonds. The van der Waals surface area contributed by atoms with Crippen LogP contribution in [-0.2, 0) is 6.18 Å². The van der Waals surface area contributed by atoms with Crippen molar-refractivity contribution in [2.75, 3.05) is 5.32 Å². The van der Waals surface area contributed by atoms with Crippen LogP contribution in [0.1, 0.15) is 34.7 Å². The van der Waals surface area contributed by atoms with Gasteiger partial charge < -0.3 is 5.32 Å². The summed E-state index contributed by atoms with van der Waals surface area (Å²) in [6.07, 6.45) is -4.30. The molecule has 0 fully saturated rings. The Bertz CT molecular complexity index is 557. The van der Waals surface area contributed by atoms with Crippen molar-refractivity contribution >= 4 is 24.1 Å². The fourth-order valence-electron chi connectivity index (χ4n) is 1.76. The summed E-state index contributed by atoms with van der Waals surface area (Å²) in [6.45, 7) is 9.91. The van der Waals surface area contributed by atoms with Gasteiger partial charge in [0.15, 0.2) is 7.28 Å². The molecule has 2 rings (SSSR count). The van der Waals surface area contributed by atoms with Crippen LogP contribution < -0.4 is 10.8 Å². The van der Waals surface area contributed by atoms with E-state index in [2.05, 4.69) is 5.32 Å². The van der Waals surface area contributed by atoms with E-state index in [0.29, 0.717) is 5.69 Å². The lowest BCUT2D eigenvalue weighted by atomic mass is 9.72. The highest BCUT2D eigenvalue weighted by Gasteiger charge is 2.29. The highest BCUT2D eigenvalue weighted by atomic mass is 19.4. The number of anilines is 2. The molecule has 0 aliphatic heterocycles. The highest BCUT2D eigenvalue weighted by molar-refractivity contribution is 6.54. The van der Waals surface area contributed by atoms with Crippen molar-refractivity contribution in [3.8, 4) is 0 Å².